The number of hydrogen-bond donors (Lipinski definition) is 1. The molecule has 0 bridgehead atoms. The molecule has 1 fully saturated rings. The molecule has 156 valence electrons. The van der Waals surface area contributed by atoms with Crippen LogP contribution in [0, 0.1) is 0 Å². The highest BCUT2D eigenvalue weighted by Gasteiger charge is 2.30. The summed E-state index contributed by atoms with van der Waals surface area (Å²) in [6.07, 6.45) is -2.86. The molecule has 1 N–H and O–H groups in total. The van der Waals surface area contributed by atoms with Gasteiger partial charge in [0, 0.05) is 19.6 Å². The van der Waals surface area contributed by atoms with E-state index in [1.54, 1.807) is 0 Å². The number of nitrogens with zero attached hydrogens (tertiary/aromatic N) is 1. The maximum Gasteiger partial charge on any atom is 0.416 e. The van der Waals surface area contributed by atoms with E-state index in [-0.39, 0.29) is 22.0 Å². The fourth-order valence-electron chi connectivity index (χ4n) is 3.01. The topological polar surface area (TPSA) is 66.5 Å². The van der Waals surface area contributed by atoms with Crippen LogP contribution in [0.25, 0.3) is 0 Å². The Kier molecular flexibility index (Phi) is 6.21. The summed E-state index contributed by atoms with van der Waals surface area (Å²) < 4.78 is 64.5. The normalized spacial score (nSPS) is 15.4. The minimum absolute atomic E-state index is 0.0150. The first-order chi connectivity index (χ1) is 13.6. The third-order valence-corrected chi connectivity index (χ3v) is 6.84. The van der Waals surface area contributed by atoms with Crippen LogP contribution in [0.3, 0.4) is 0 Å². The molecular weight excluding hydrogens is 429 g/mol. The first-order valence-corrected chi connectivity index (χ1v) is 10.6. The number of rotatable bonds is 5. The highest BCUT2D eigenvalue weighted by Crippen LogP contribution is 2.29. The Bertz CT molecular complexity index is 1000. The van der Waals surface area contributed by atoms with Gasteiger partial charge in [-0.25, -0.2) is 8.42 Å². The van der Waals surface area contributed by atoms with Crippen molar-refractivity contribution < 1.29 is 26.4 Å². The second-order valence-corrected chi connectivity index (χ2v) is 8.98. The zero-order chi connectivity index (χ0) is 21.2. The van der Waals surface area contributed by atoms with Crippen LogP contribution in [0.2, 0.25) is 5.02 Å². The molecular formula is C19H18ClF3N2O3S. The van der Waals surface area contributed by atoms with Gasteiger partial charge in [0.2, 0.25) is 10.0 Å². The Balaban J connectivity index is 1.74. The summed E-state index contributed by atoms with van der Waals surface area (Å²) in [6.45, 7) is 0.831. The van der Waals surface area contributed by atoms with Gasteiger partial charge in [0.05, 0.1) is 21.0 Å². The summed E-state index contributed by atoms with van der Waals surface area (Å²) in [5.74, 6) is -0.617. The summed E-state index contributed by atoms with van der Waals surface area (Å²) in [7, 11) is -3.71. The molecule has 2 aromatic rings. The molecule has 1 heterocycles. The van der Waals surface area contributed by atoms with Crippen LogP contribution in [0.5, 0.6) is 0 Å². The van der Waals surface area contributed by atoms with Crippen LogP contribution in [-0.2, 0) is 22.7 Å². The van der Waals surface area contributed by atoms with Crippen LogP contribution in [0.1, 0.15) is 34.3 Å². The van der Waals surface area contributed by atoms with Crippen molar-refractivity contribution in [1.29, 1.82) is 0 Å². The molecule has 10 heteroatoms. The first kappa shape index (κ1) is 21.6. The monoisotopic (exact) mass is 446 g/mol. The van der Waals surface area contributed by atoms with Crippen LogP contribution < -0.4 is 5.32 Å². The lowest BCUT2D eigenvalue weighted by molar-refractivity contribution is -0.137. The maximum absolute atomic E-state index is 12.7. The summed E-state index contributed by atoms with van der Waals surface area (Å²) in [6, 6.07) is 8.30. The molecule has 29 heavy (non-hydrogen) atoms. The summed E-state index contributed by atoms with van der Waals surface area (Å²) in [5.41, 5.74) is -0.336. The van der Waals surface area contributed by atoms with E-state index < -0.39 is 27.7 Å². The molecule has 1 aliphatic heterocycles. The number of sulfonamides is 1. The number of halogens is 4. The zero-order valence-corrected chi connectivity index (χ0v) is 16.7. The van der Waals surface area contributed by atoms with Crippen molar-refractivity contribution >= 4 is 27.5 Å². The van der Waals surface area contributed by atoms with Crippen molar-refractivity contribution in [3.8, 4) is 0 Å². The largest absolute Gasteiger partial charge is 0.416 e. The Hall–Kier alpha value is -2.10. The molecule has 1 aliphatic rings. The molecule has 0 aromatic heterocycles. The van der Waals surface area contributed by atoms with Crippen LogP contribution >= 0.6 is 11.6 Å². The molecule has 0 spiro atoms. The van der Waals surface area contributed by atoms with Crippen LogP contribution in [0.15, 0.2) is 47.4 Å². The van der Waals surface area contributed by atoms with Crippen molar-refractivity contribution in [1.82, 2.24) is 9.62 Å². The van der Waals surface area contributed by atoms with Crippen LogP contribution in [0.4, 0.5) is 13.2 Å². The molecule has 2 aromatic carbocycles. The fraction of sp³-hybridized carbons (Fsp3) is 0.316. The molecule has 5 nitrogen and oxygen atoms in total. The van der Waals surface area contributed by atoms with Crippen molar-refractivity contribution in [2.75, 3.05) is 13.1 Å². The Morgan fingerprint density at radius 2 is 1.69 bits per heavy atom. The van der Waals surface area contributed by atoms with Gasteiger partial charge >= 0.3 is 6.18 Å². The Labute approximate surface area is 171 Å². The van der Waals surface area contributed by atoms with E-state index in [0.717, 1.165) is 25.0 Å². The van der Waals surface area contributed by atoms with Crippen molar-refractivity contribution in [2.24, 2.45) is 0 Å². The van der Waals surface area contributed by atoms with Gasteiger partial charge in [-0.1, -0.05) is 23.7 Å². The Morgan fingerprint density at radius 1 is 1.07 bits per heavy atom. The van der Waals surface area contributed by atoms with Gasteiger partial charge in [-0.3, -0.25) is 4.79 Å². The third-order valence-electron chi connectivity index (χ3n) is 4.62. The molecule has 0 saturated carbocycles. The van der Waals surface area contributed by atoms with E-state index in [9.17, 15) is 26.4 Å². The Morgan fingerprint density at radius 3 is 2.28 bits per heavy atom. The van der Waals surface area contributed by atoms with Gasteiger partial charge in [0.25, 0.3) is 5.91 Å². The van der Waals surface area contributed by atoms with Gasteiger partial charge in [0.15, 0.2) is 0 Å². The summed E-state index contributed by atoms with van der Waals surface area (Å²) >= 11 is 6.06. The van der Waals surface area contributed by atoms with Gasteiger partial charge in [-0.05, 0) is 48.7 Å². The number of carbonyl (C=O) groups excluding carboxylic acids is 1. The molecule has 3 rings (SSSR count). The van der Waals surface area contributed by atoms with Crippen LogP contribution in [-0.4, -0.2) is 31.7 Å². The lowest BCUT2D eigenvalue weighted by atomic mass is 10.1. The molecule has 1 saturated heterocycles. The fourth-order valence-corrected chi connectivity index (χ4v) is 4.75. The molecule has 0 aliphatic carbocycles. The van der Waals surface area contributed by atoms with Gasteiger partial charge in [0.1, 0.15) is 0 Å². The second kappa shape index (κ2) is 8.33. The van der Waals surface area contributed by atoms with E-state index in [1.807, 2.05) is 0 Å². The van der Waals surface area contributed by atoms with Crippen molar-refractivity contribution in [2.45, 2.75) is 30.5 Å². The molecule has 0 unspecified atom stereocenters. The van der Waals surface area contributed by atoms with Gasteiger partial charge < -0.3 is 5.32 Å². The lowest BCUT2D eigenvalue weighted by Crippen LogP contribution is -2.28. The first-order valence-electron chi connectivity index (χ1n) is 8.83. The SMILES string of the molecule is O=C(NCc1ccc(C(F)(F)F)cc1)c1cc(S(=O)(=O)N2CCCC2)ccc1Cl. The van der Waals surface area contributed by atoms with E-state index in [1.165, 1.54) is 34.6 Å². The zero-order valence-electron chi connectivity index (χ0n) is 15.2. The minimum Gasteiger partial charge on any atom is -0.348 e. The molecule has 0 radical (unpaired) electrons. The number of carbonyl (C=O) groups is 1. The molecule has 0 atom stereocenters. The van der Waals surface area contributed by atoms with E-state index in [0.29, 0.717) is 18.7 Å². The third kappa shape index (κ3) is 4.91. The summed E-state index contributed by atoms with van der Waals surface area (Å²) in [4.78, 5) is 12.5. The van der Waals surface area contributed by atoms with Gasteiger partial charge in [-0.2, -0.15) is 17.5 Å². The molecule has 1 amide bonds. The standard InChI is InChI=1S/C19H18ClF3N2O3S/c20-17-8-7-15(29(27,28)25-9-1-2-10-25)11-16(17)18(26)24-12-13-3-5-14(6-4-13)19(21,22)23/h3-8,11H,1-2,9-10,12H2,(H,24,26). The maximum atomic E-state index is 12.7. The lowest BCUT2D eigenvalue weighted by Gasteiger charge is -2.16. The quantitative estimate of drug-likeness (QED) is 0.752. The highest BCUT2D eigenvalue weighted by atomic mass is 35.5. The van der Waals surface area contributed by atoms with E-state index >= 15 is 0 Å². The number of benzene rings is 2. The smallest absolute Gasteiger partial charge is 0.348 e. The highest BCUT2D eigenvalue weighted by molar-refractivity contribution is 7.89. The average molecular weight is 447 g/mol. The van der Waals surface area contributed by atoms with Crippen molar-refractivity contribution in [3.63, 3.8) is 0 Å². The summed E-state index contributed by atoms with van der Waals surface area (Å²) in [5, 5.41) is 2.63. The number of hydrogen-bond acceptors (Lipinski definition) is 3. The predicted octanol–water partition coefficient (Wildman–Crippen LogP) is 4.07. The number of amides is 1. The number of nitrogens with one attached hydrogen (secondary N) is 1. The van der Waals surface area contributed by atoms with E-state index in [4.69, 9.17) is 11.6 Å². The van der Waals surface area contributed by atoms with Crippen molar-refractivity contribution in [3.05, 3.63) is 64.2 Å². The van der Waals surface area contributed by atoms with E-state index in [2.05, 4.69) is 5.32 Å². The number of alkyl halides is 3. The minimum atomic E-state index is -4.43. The van der Waals surface area contributed by atoms with Gasteiger partial charge in [-0.15, -0.1) is 0 Å². The average Bonchev–Trinajstić information content (AvgIpc) is 3.21. The second-order valence-electron chi connectivity index (χ2n) is 6.63. The predicted molar refractivity (Wildman–Crippen MR) is 102 cm³/mol.